The maximum atomic E-state index is 11.9. The van der Waals surface area contributed by atoms with Crippen molar-refractivity contribution in [2.45, 2.75) is 37.8 Å². The number of carbonyl (C=O) groups excluding carboxylic acids is 1. The standard InChI is InChI=1S/C14H19ClN2O2/c15-12-6-2-1-5-11(12)9-16-13(19)17-14(10-18)7-3-4-8-14/h1-2,5-6,18H,3-4,7-10H2,(H2,16,17,19). The van der Waals surface area contributed by atoms with E-state index in [-0.39, 0.29) is 12.6 Å². The molecule has 0 spiro atoms. The van der Waals surface area contributed by atoms with Gasteiger partial charge in [-0.15, -0.1) is 0 Å². The molecule has 2 amide bonds. The van der Waals surface area contributed by atoms with Gasteiger partial charge in [0.25, 0.3) is 0 Å². The van der Waals surface area contributed by atoms with E-state index in [0.29, 0.717) is 11.6 Å². The molecule has 0 radical (unpaired) electrons. The SMILES string of the molecule is O=C(NCc1ccccc1Cl)NC1(CO)CCCC1. The Bertz CT molecular complexity index is 445. The van der Waals surface area contributed by atoms with Gasteiger partial charge in [0.15, 0.2) is 0 Å². The molecule has 3 N–H and O–H groups in total. The summed E-state index contributed by atoms with van der Waals surface area (Å²) >= 11 is 6.02. The van der Waals surface area contributed by atoms with E-state index in [2.05, 4.69) is 10.6 Å². The molecule has 1 aliphatic carbocycles. The van der Waals surface area contributed by atoms with Crippen molar-refractivity contribution in [1.29, 1.82) is 0 Å². The van der Waals surface area contributed by atoms with Gasteiger partial charge in [0.1, 0.15) is 0 Å². The molecule has 0 aromatic heterocycles. The molecule has 0 atom stereocenters. The fourth-order valence-electron chi connectivity index (χ4n) is 2.48. The molecule has 2 rings (SSSR count). The summed E-state index contributed by atoms with van der Waals surface area (Å²) in [7, 11) is 0. The van der Waals surface area contributed by atoms with E-state index in [0.717, 1.165) is 31.2 Å². The van der Waals surface area contributed by atoms with Gasteiger partial charge in [-0.25, -0.2) is 4.79 Å². The zero-order valence-corrected chi connectivity index (χ0v) is 11.5. The van der Waals surface area contributed by atoms with Gasteiger partial charge in [0, 0.05) is 11.6 Å². The molecule has 0 heterocycles. The van der Waals surface area contributed by atoms with Gasteiger partial charge in [0.05, 0.1) is 12.1 Å². The van der Waals surface area contributed by atoms with Gasteiger partial charge < -0.3 is 15.7 Å². The lowest BCUT2D eigenvalue weighted by Crippen LogP contribution is -2.52. The van der Waals surface area contributed by atoms with Crippen molar-refractivity contribution in [2.24, 2.45) is 0 Å². The Balaban J connectivity index is 1.86. The number of hydrogen-bond acceptors (Lipinski definition) is 2. The maximum Gasteiger partial charge on any atom is 0.315 e. The second-order valence-electron chi connectivity index (χ2n) is 5.04. The van der Waals surface area contributed by atoms with Gasteiger partial charge in [0.2, 0.25) is 0 Å². The van der Waals surface area contributed by atoms with E-state index in [9.17, 15) is 9.90 Å². The van der Waals surface area contributed by atoms with Gasteiger partial charge >= 0.3 is 6.03 Å². The monoisotopic (exact) mass is 282 g/mol. The molecule has 1 aromatic rings. The largest absolute Gasteiger partial charge is 0.394 e. The summed E-state index contributed by atoms with van der Waals surface area (Å²) in [6.45, 7) is 0.375. The minimum Gasteiger partial charge on any atom is -0.394 e. The Labute approximate surface area is 118 Å². The number of aliphatic hydroxyl groups is 1. The highest BCUT2D eigenvalue weighted by Gasteiger charge is 2.34. The van der Waals surface area contributed by atoms with E-state index in [1.54, 1.807) is 6.07 Å². The Morgan fingerprint density at radius 1 is 1.32 bits per heavy atom. The summed E-state index contributed by atoms with van der Waals surface area (Å²) in [6, 6.07) is 7.15. The molecule has 0 bridgehead atoms. The number of halogens is 1. The highest BCUT2D eigenvalue weighted by Crippen LogP contribution is 2.28. The lowest BCUT2D eigenvalue weighted by Gasteiger charge is -2.28. The lowest BCUT2D eigenvalue weighted by atomic mass is 9.99. The molecular formula is C14H19ClN2O2. The number of amides is 2. The first-order chi connectivity index (χ1) is 9.15. The molecule has 0 saturated heterocycles. The van der Waals surface area contributed by atoms with Crippen LogP contribution in [0.1, 0.15) is 31.2 Å². The van der Waals surface area contributed by atoms with Crippen LogP contribution in [0.4, 0.5) is 4.79 Å². The molecule has 0 unspecified atom stereocenters. The zero-order chi connectivity index (χ0) is 13.7. The highest BCUT2D eigenvalue weighted by molar-refractivity contribution is 6.31. The maximum absolute atomic E-state index is 11.9. The van der Waals surface area contributed by atoms with Gasteiger partial charge in [-0.05, 0) is 24.5 Å². The van der Waals surface area contributed by atoms with E-state index in [1.807, 2.05) is 18.2 Å². The number of carbonyl (C=O) groups is 1. The van der Waals surface area contributed by atoms with Crippen LogP contribution >= 0.6 is 11.6 Å². The molecule has 1 saturated carbocycles. The normalized spacial score (nSPS) is 17.2. The predicted molar refractivity (Wildman–Crippen MR) is 75.1 cm³/mol. The van der Waals surface area contributed by atoms with Crippen LogP contribution in [0.3, 0.4) is 0 Å². The molecule has 1 fully saturated rings. The third kappa shape index (κ3) is 3.61. The van der Waals surface area contributed by atoms with Crippen LogP contribution in [0.5, 0.6) is 0 Å². The number of benzene rings is 1. The highest BCUT2D eigenvalue weighted by atomic mass is 35.5. The zero-order valence-electron chi connectivity index (χ0n) is 10.8. The fraction of sp³-hybridized carbons (Fsp3) is 0.500. The van der Waals surface area contributed by atoms with Crippen molar-refractivity contribution in [2.75, 3.05) is 6.61 Å². The van der Waals surface area contributed by atoms with E-state index in [1.165, 1.54) is 0 Å². The van der Waals surface area contributed by atoms with Crippen LogP contribution in [-0.2, 0) is 6.54 Å². The quantitative estimate of drug-likeness (QED) is 0.794. The van der Waals surface area contributed by atoms with Crippen molar-refractivity contribution in [3.05, 3.63) is 34.9 Å². The van der Waals surface area contributed by atoms with Crippen LogP contribution in [0.25, 0.3) is 0 Å². The summed E-state index contributed by atoms with van der Waals surface area (Å²) in [5, 5.41) is 15.7. The molecule has 1 aromatic carbocycles. The van der Waals surface area contributed by atoms with Crippen LogP contribution in [0.2, 0.25) is 5.02 Å². The minimum atomic E-state index is -0.440. The van der Waals surface area contributed by atoms with Crippen LogP contribution < -0.4 is 10.6 Å². The van der Waals surface area contributed by atoms with Crippen molar-refractivity contribution in [3.8, 4) is 0 Å². The number of rotatable bonds is 4. The Hall–Kier alpha value is -1.26. The number of urea groups is 1. The molecule has 1 aliphatic rings. The smallest absolute Gasteiger partial charge is 0.315 e. The summed E-state index contributed by atoms with van der Waals surface area (Å²) in [6.07, 6.45) is 3.77. The van der Waals surface area contributed by atoms with Crippen molar-refractivity contribution in [3.63, 3.8) is 0 Å². The number of hydrogen-bond donors (Lipinski definition) is 3. The number of nitrogens with one attached hydrogen (secondary N) is 2. The summed E-state index contributed by atoms with van der Waals surface area (Å²) in [5.74, 6) is 0. The van der Waals surface area contributed by atoms with Gasteiger partial charge in [-0.1, -0.05) is 42.6 Å². The van der Waals surface area contributed by atoms with Crippen LogP contribution in [-0.4, -0.2) is 23.3 Å². The molecule has 4 nitrogen and oxygen atoms in total. The first kappa shape index (κ1) is 14.2. The topological polar surface area (TPSA) is 61.4 Å². The fourth-order valence-corrected chi connectivity index (χ4v) is 2.68. The van der Waals surface area contributed by atoms with Gasteiger partial charge in [-0.2, -0.15) is 0 Å². The van der Waals surface area contributed by atoms with Crippen molar-refractivity contribution in [1.82, 2.24) is 10.6 Å². The molecule has 0 aliphatic heterocycles. The Kier molecular flexibility index (Phi) is 4.66. The third-order valence-corrected chi connectivity index (χ3v) is 4.01. The third-order valence-electron chi connectivity index (χ3n) is 3.64. The molecule has 5 heteroatoms. The average Bonchev–Trinajstić information content (AvgIpc) is 2.87. The molecular weight excluding hydrogens is 264 g/mol. The average molecular weight is 283 g/mol. The second-order valence-corrected chi connectivity index (χ2v) is 5.45. The first-order valence-electron chi connectivity index (χ1n) is 6.55. The lowest BCUT2D eigenvalue weighted by molar-refractivity contribution is 0.163. The van der Waals surface area contributed by atoms with Gasteiger partial charge in [-0.3, -0.25) is 0 Å². The second kappa shape index (κ2) is 6.26. The van der Waals surface area contributed by atoms with Crippen molar-refractivity contribution < 1.29 is 9.90 Å². The van der Waals surface area contributed by atoms with Crippen LogP contribution in [0.15, 0.2) is 24.3 Å². The van der Waals surface area contributed by atoms with E-state index in [4.69, 9.17) is 11.6 Å². The first-order valence-corrected chi connectivity index (χ1v) is 6.93. The minimum absolute atomic E-state index is 0.00743. The van der Waals surface area contributed by atoms with Crippen LogP contribution in [0, 0.1) is 0 Å². The van der Waals surface area contributed by atoms with Crippen molar-refractivity contribution >= 4 is 17.6 Å². The predicted octanol–water partition coefficient (Wildman–Crippen LogP) is 2.44. The summed E-state index contributed by atoms with van der Waals surface area (Å²) in [4.78, 5) is 11.9. The molecule has 104 valence electrons. The van der Waals surface area contributed by atoms with E-state index >= 15 is 0 Å². The Morgan fingerprint density at radius 2 is 2.00 bits per heavy atom. The summed E-state index contributed by atoms with van der Waals surface area (Å²) in [5.41, 5.74) is 0.439. The summed E-state index contributed by atoms with van der Waals surface area (Å²) < 4.78 is 0. The number of aliphatic hydroxyl groups excluding tert-OH is 1. The Morgan fingerprint density at radius 3 is 2.63 bits per heavy atom. The van der Waals surface area contributed by atoms with E-state index < -0.39 is 5.54 Å². The molecule has 19 heavy (non-hydrogen) atoms.